The number of benzene rings is 3. The highest BCUT2D eigenvalue weighted by atomic mass is 35.5. The molecule has 4 aromatic rings. The molecule has 3 heterocycles. The lowest BCUT2D eigenvalue weighted by Gasteiger charge is -2.37. The van der Waals surface area contributed by atoms with E-state index >= 15 is 0 Å². The summed E-state index contributed by atoms with van der Waals surface area (Å²) in [5, 5.41) is 1.33. The van der Waals surface area contributed by atoms with Crippen molar-refractivity contribution in [2.75, 3.05) is 42.5 Å². The van der Waals surface area contributed by atoms with Crippen LogP contribution in [0.15, 0.2) is 83.8 Å². The Bertz CT molecular complexity index is 1650. The van der Waals surface area contributed by atoms with Gasteiger partial charge in [0.25, 0.3) is 10.0 Å². The second kappa shape index (κ2) is 10.1. The Hall–Kier alpha value is -3.67. The highest BCUT2D eigenvalue weighted by Gasteiger charge is 2.49. The lowest BCUT2D eigenvalue weighted by Crippen LogP contribution is -2.55. The number of piperazine rings is 1. The van der Waals surface area contributed by atoms with E-state index < -0.39 is 22.1 Å². The topological polar surface area (TPSA) is 94.1 Å². The molecule has 12 heteroatoms. The normalized spacial score (nSPS) is 18.3. The van der Waals surface area contributed by atoms with Crippen LogP contribution in [-0.4, -0.2) is 72.7 Å². The monoisotopic (exact) mass is 581 g/mol. The molecule has 2 aliphatic heterocycles. The molecule has 0 spiro atoms. The minimum Gasteiger partial charge on any atom is -0.352 e. The van der Waals surface area contributed by atoms with E-state index in [4.69, 9.17) is 11.6 Å². The zero-order valence-electron chi connectivity index (χ0n) is 20.7. The first-order chi connectivity index (χ1) is 18.9. The number of nitrogens with zero attached hydrogens (tertiary/aromatic N) is 5. The first-order valence-corrected chi connectivity index (χ1v) is 15.0. The van der Waals surface area contributed by atoms with Crippen molar-refractivity contribution in [1.29, 1.82) is 0 Å². The third kappa shape index (κ3) is 4.50. The molecule has 0 N–H and O–H groups in total. The fourth-order valence-electron chi connectivity index (χ4n) is 5.05. The van der Waals surface area contributed by atoms with Crippen LogP contribution < -0.4 is 9.80 Å². The number of carbonyl (C=O) groups excluding carboxylic acids is 2. The molecule has 39 heavy (non-hydrogen) atoms. The maximum absolute atomic E-state index is 13.9. The molecule has 0 radical (unpaired) electrons. The maximum atomic E-state index is 13.9. The van der Waals surface area contributed by atoms with E-state index in [2.05, 4.69) is 9.27 Å². The molecule has 1 unspecified atom stereocenters. The molecular weight excluding hydrogens is 558 g/mol. The number of hydrogen-bond acceptors (Lipinski definition) is 7. The van der Waals surface area contributed by atoms with Crippen LogP contribution in [0.3, 0.4) is 0 Å². The summed E-state index contributed by atoms with van der Waals surface area (Å²) in [6, 6.07) is 20.5. The molecule has 0 bridgehead atoms. The summed E-state index contributed by atoms with van der Waals surface area (Å²) >= 11 is 7.87. The zero-order valence-corrected chi connectivity index (χ0v) is 23.1. The summed E-state index contributed by atoms with van der Waals surface area (Å²) in [4.78, 5) is 32.6. The van der Waals surface area contributed by atoms with Gasteiger partial charge in [-0.25, -0.2) is 17.5 Å². The van der Waals surface area contributed by atoms with E-state index in [0.717, 1.165) is 20.2 Å². The summed E-state index contributed by atoms with van der Waals surface area (Å²) in [5.74, 6) is 0.577. The van der Waals surface area contributed by atoms with Crippen LogP contribution in [-0.2, 0) is 14.8 Å². The third-order valence-corrected chi connectivity index (χ3v) is 9.94. The SMILES string of the molecule is O=C(C1CN(S(=O)(=O)c2ccccc2)C(=O)N1c1ccccc1Cl)N1CCN(c2nsc3ccccc23)CC1. The van der Waals surface area contributed by atoms with Gasteiger partial charge in [0.2, 0.25) is 5.91 Å². The Kier molecular flexibility index (Phi) is 6.66. The average Bonchev–Trinajstić information content (AvgIpc) is 3.55. The predicted octanol–water partition coefficient (Wildman–Crippen LogP) is 4.30. The number of sulfonamides is 1. The van der Waals surface area contributed by atoms with Gasteiger partial charge in [-0.2, -0.15) is 4.37 Å². The van der Waals surface area contributed by atoms with E-state index in [0.29, 0.717) is 31.9 Å². The number of urea groups is 1. The summed E-state index contributed by atoms with van der Waals surface area (Å²) in [6.07, 6.45) is 0. The van der Waals surface area contributed by atoms with Gasteiger partial charge in [0.1, 0.15) is 11.9 Å². The highest BCUT2D eigenvalue weighted by molar-refractivity contribution is 7.89. The Morgan fingerprint density at radius 3 is 2.31 bits per heavy atom. The van der Waals surface area contributed by atoms with Gasteiger partial charge < -0.3 is 9.80 Å². The summed E-state index contributed by atoms with van der Waals surface area (Å²) in [6.45, 7) is 1.65. The number of anilines is 2. The molecule has 1 atom stereocenters. The van der Waals surface area contributed by atoms with Crippen LogP contribution in [0.2, 0.25) is 5.02 Å². The Balaban J connectivity index is 1.27. The van der Waals surface area contributed by atoms with Crippen LogP contribution in [0.1, 0.15) is 0 Å². The van der Waals surface area contributed by atoms with Crippen LogP contribution >= 0.6 is 23.1 Å². The van der Waals surface area contributed by atoms with Gasteiger partial charge in [0, 0.05) is 31.6 Å². The molecule has 2 aliphatic rings. The number of para-hydroxylation sites is 1. The van der Waals surface area contributed by atoms with Crippen molar-refractivity contribution < 1.29 is 18.0 Å². The Morgan fingerprint density at radius 1 is 0.897 bits per heavy atom. The molecule has 2 fully saturated rings. The molecule has 2 saturated heterocycles. The number of amides is 3. The van der Waals surface area contributed by atoms with Gasteiger partial charge in [-0.3, -0.25) is 9.69 Å². The Labute approximate surface area is 235 Å². The smallest absolute Gasteiger partial charge is 0.339 e. The largest absolute Gasteiger partial charge is 0.352 e. The van der Waals surface area contributed by atoms with E-state index in [9.17, 15) is 18.0 Å². The van der Waals surface area contributed by atoms with Crippen molar-refractivity contribution >= 4 is 66.7 Å². The summed E-state index contributed by atoms with van der Waals surface area (Å²) in [7, 11) is -4.19. The standard InChI is InChI=1S/C27H24ClN5O4S2/c28-21-11-5-6-12-22(21)33-23(18-32(27(33)35)39(36,37)19-8-2-1-3-9-19)26(34)31-16-14-30(15-17-31)25-20-10-4-7-13-24(20)38-29-25/h1-13,23H,14-18H2. The number of halogens is 1. The number of aromatic nitrogens is 1. The minimum absolute atomic E-state index is 0.0188. The lowest BCUT2D eigenvalue weighted by molar-refractivity contribution is -0.132. The second-order valence-electron chi connectivity index (χ2n) is 9.28. The molecule has 9 nitrogen and oxygen atoms in total. The fourth-order valence-corrected chi connectivity index (χ4v) is 7.46. The lowest BCUT2D eigenvalue weighted by atomic mass is 10.1. The van der Waals surface area contributed by atoms with Gasteiger partial charge in [-0.15, -0.1) is 0 Å². The molecule has 200 valence electrons. The van der Waals surface area contributed by atoms with Gasteiger partial charge in [-0.05, 0) is 47.9 Å². The van der Waals surface area contributed by atoms with E-state index in [1.165, 1.54) is 28.6 Å². The van der Waals surface area contributed by atoms with E-state index in [1.807, 2.05) is 24.3 Å². The molecule has 0 aliphatic carbocycles. The minimum atomic E-state index is -4.19. The summed E-state index contributed by atoms with van der Waals surface area (Å²) in [5.41, 5.74) is 0.292. The first-order valence-electron chi connectivity index (χ1n) is 12.4. The van der Waals surface area contributed by atoms with Crippen LogP contribution in [0.5, 0.6) is 0 Å². The zero-order chi connectivity index (χ0) is 27.1. The Morgan fingerprint density at radius 2 is 1.56 bits per heavy atom. The van der Waals surface area contributed by atoms with E-state index in [-0.39, 0.29) is 22.4 Å². The third-order valence-electron chi connectivity index (χ3n) is 7.05. The van der Waals surface area contributed by atoms with Crippen molar-refractivity contribution in [3.05, 3.63) is 83.9 Å². The highest BCUT2D eigenvalue weighted by Crippen LogP contribution is 2.35. The molecule has 3 aromatic carbocycles. The summed E-state index contributed by atoms with van der Waals surface area (Å²) < 4.78 is 33.4. The van der Waals surface area contributed by atoms with Crippen LogP contribution in [0.25, 0.3) is 10.1 Å². The van der Waals surface area contributed by atoms with Crippen molar-refractivity contribution in [3.8, 4) is 0 Å². The quantitative estimate of drug-likeness (QED) is 0.349. The maximum Gasteiger partial charge on any atom is 0.339 e. The van der Waals surface area contributed by atoms with Crippen LogP contribution in [0, 0.1) is 0 Å². The van der Waals surface area contributed by atoms with Crippen molar-refractivity contribution in [2.45, 2.75) is 10.9 Å². The molecule has 0 saturated carbocycles. The number of rotatable bonds is 5. The number of carbonyl (C=O) groups is 2. The van der Waals surface area contributed by atoms with Gasteiger partial charge in [0.15, 0.2) is 0 Å². The second-order valence-corrected chi connectivity index (χ2v) is 12.4. The average molecular weight is 582 g/mol. The van der Waals surface area contributed by atoms with Gasteiger partial charge in [0.05, 0.1) is 26.9 Å². The molecule has 3 amide bonds. The number of fused-ring (bicyclic) bond motifs is 1. The van der Waals surface area contributed by atoms with Crippen molar-refractivity contribution in [1.82, 2.24) is 13.6 Å². The molecular formula is C27H24ClN5O4S2. The first kappa shape index (κ1) is 25.6. The fraction of sp³-hybridized carbons (Fsp3) is 0.222. The van der Waals surface area contributed by atoms with Gasteiger partial charge in [-0.1, -0.05) is 54.1 Å². The van der Waals surface area contributed by atoms with E-state index in [1.54, 1.807) is 47.4 Å². The predicted molar refractivity (Wildman–Crippen MR) is 152 cm³/mol. The van der Waals surface area contributed by atoms with Crippen molar-refractivity contribution in [3.63, 3.8) is 0 Å². The van der Waals surface area contributed by atoms with Crippen molar-refractivity contribution in [2.24, 2.45) is 0 Å². The number of hydrogen-bond donors (Lipinski definition) is 0. The van der Waals surface area contributed by atoms with Gasteiger partial charge >= 0.3 is 6.03 Å². The van der Waals surface area contributed by atoms with Crippen LogP contribution in [0.4, 0.5) is 16.3 Å². The molecule has 1 aromatic heterocycles. The molecule has 6 rings (SSSR count).